The molecule has 2 aromatic rings. The summed E-state index contributed by atoms with van der Waals surface area (Å²) in [6, 6.07) is 11.4. The van der Waals surface area contributed by atoms with Gasteiger partial charge in [0.1, 0.15) is 0 Å². The molecule has 0 saturated carbocycles. The van der Waals surface area contributed by atoms with Crippen molar-refractivity contribution < 1.29 is 9.72 Å². The second-order valence-electron chi connectivity index (χ2n) is 5.73. The lowest BCUT2D eigenvalue weighted by molar-refractivity contribution is -0.384. The number of amides is 1. The Morgan fingerprint density at radius 1 is 1.31 bits per heavy atom. The zero-order valence-electron chi connectivity index (χ0n) is 14.3. The summed E-state index contributed by atoms with van der Waals surface area (Å²) in [5.74, 6) is -0.204. The average molecular weight is 392 g/mol. The van der Waals surface area contributed by atoms with E-state index >= 15 is 0 Å². The molecule has 0 aliphatic heterocycles. The second-order valence-corrected chi connectivity index (χ2v) is 6.54. The highest BCUT2D eigenvalue weighted by Gasteiger charge is 2.16. The van der Waals surface area contributed by atoms with Gasteiger partial charge in [-0.2, -0.15) is 0 Å². The molecule has 1 atom stereocenters. The minimum Gasteiger partial charge on any atom is -0.332 e. The fraction of sp³-hybridized carbons (Fsp3) is 0.222. The van der Waals surface area contributed by atoms with E-state index in [0.29, 0.717) is 5.92 Å². The predicted octanol–water partition coefficient (Wildman–Crippen LogP) is 4.89. The van der Waals surface area contributed by atoms with Crippen molar-refractivity contribution >= 4 is 46.2 Å². The molecular weight excluding hydrogens is 374 g/mol. The van der Waals surface area contributed by atoms with Gasteiger partial charge in [0, 0.05) is 17.8 Å². The zero-order chi connectivity index (χ0) is 19.3. The monoisotopic (exact) mass is 391 g/mol. The van der Waals surface area contributed by atoms with E-state index in [1.165, 1.54) is 12.1 Å². The average Bonchev–Trinajstić information content (AvgIpc) is 2.61. The normalized spacial score (nSPS) is 11.5. The highest BCUT2D eigenvalue weighted by molar-refractivity contribution is 7.80. The van der Waals surface area contributed by atoms with Gasteiger partial charge < -0.3 is 5.32 Å². The molecule has 0 aromatic heterocycles. The number of para-hydroxylation sites is 1. The Bertz CT molecular complexity index is 857. The largest absolute Gasteiger partial charge is 0.332 e. The first kappa shape index (κ1) is 19.8. The standard InChI is InChI=1S/C18H18ClN3O3S/c1-3-11(2)13-6-4-5-7-16(13)20-18(26)21-17(23)14-9-8-12(22(24)25)10-15(14)19/h4-11H,3H2,1-2H3,(H2,20,21,23,26)/t11-/m0/s1. The van der Waals surface area contributed by atoms with Crippen LogP contribution in [0.2, 0.25) is 5.02 Å². The number of non-ortho nitro benzene ring substituents is 1. The van der Waals surface area contributed by atoms with E-state index < -0.39 is 10.8 Å². The van der Waals surface area contributed by atoms with E-state index in [0.717, 1.165) is 23.7 Å². The van der Waals surface area contributed by atoms with Crippen LogP contribution in [0.1, 0.15) is 42.1 Å². The van der Waals surface area contributed by atoms with Crippen molar-refractivity contribution in [1.29, 1.82) is 0 Å². The molecule has 0 fully saturated rings. The molecule has 0 aliphatic rings. The van der Waals surface area contributed by atoms with Crippen LogP contribution in [0.4, 0.5) is 11.4 Å². The van der Waals surface area contributed by atoms with Crippen molar-refractivity contribution in [2.24, 2.45) is 0 Å². The quantitative estimate of drug-likeness (QED) is 0.430. The molecule has 0 saturated heterocycles. The topological polar surface area (TPSA) is 84.3 Å². The SMILES string of the molecule is CC[C@H](C)c1ccccc1NC(=S)NC(=O)c1ccc([N+](=O)[O-])cc1Cl. The number of nitrogens with zero attached hydrogens (tertiary/aromatic N) is 1. The van der Waals surface area contributed by atoms with Gasteiger partial charge in [-0.15, -0.1) is 0 Å². The van der Waals surface area contributed by atoms with Gasteiger partial charge in [-0.3, -0.25) is 20.2 Å². The van der Waals surface area contributed by atoms with Crippen LogP contribution in [0.15, 0.2) is 42.5 Å². The maximum Gasteiger partial charge on any atom is 0.270 e. The number of nitro groups is 1. The van der Waals surface area contributed by atoms with E-state index in [4.69, 9.17) is 23.8 Å². The smallest absolute Gasteiger partial charge is 0.270 e. The fourth-order valence-corrected chi connectivity index (χ4v) is 2.85. The van der Waals surface area contributed by atoms with Crippen molar-refractivity contribution in [3.8, 4) is 0 Å². The number of thiocarbonyl (C=S) groups is 1. The first-order chi connectivity index (χ1) is 12.3. The molecule has 0 heterocycles. The summed E-state index contributed by atoms with van der Waals surface area (Å²) in [6.07, 6.45) is 0.968. The maximum atomic E-state index is 12.3. The first-order valence-electron chi connectivity index (χ1n) is 7.98. The summed E-state index contributed by atoms with van der Waals surface area (Å²) < 4.78 is 0. The third-order valence-electron chi connectivity index (χ3n) is 3.99. The van der Waals surface area contributed by atoms with Crippen LogP contribution < -0.4 is 10.6 Å². The maximum absolute atomic E-state index is 12.3. The number of benzene rings is 2. The van der Waals surface area contributed by atoms with E-state index in [1.807, 2.05) is 24.3 Å². The summed E-state index contributed by atoms with van der Waals surface area (Å²) in [7, 11) is 0. The molecule has 1 amide bonds. The van der Waals surface area contributed by atoms with Crippen molar-refractivity contribution in [2.45, 2.75) is 26.2 Å². The Morgan fingerprint density at radius 3 is 2.62 bits per heavy atom. The molecule has 136 valence electrons. The molecule has 8 heteroatoms. The third-order valence-corrected chi connectivity index (χ3v) is 4.50. The lowest BCUT2D eigenvalue weighted by Crippen LogP contribution is -2.34. The molecule has 26 heavy (non-hydrogen) atoms. The molecule has 6 nitrogen and oxygen atoms in total. The van der Waals surface area contributed by atoms with Gasteiger partial charge in [-0.05, 0) is 42.3 Å². The number of carbonyl (C=O) groups is 1. The number of hydrogen-bond acceptors (Lipinski definition) is 4. The van der Waals surface area contributed by atoms with Crippen LogP contribution >= 0.6 is 23.8 Å². The molecule has 2 aromatic carbocycles. The van der Waals surface area contributed by atoms with Crippen LogP contribution in [-0.4, -0.2) is 15.9 Å². The van der Waals surface area contributed by atoms with E-state index in [-0.39, 0.29) is 21.4 Å². The van der Waals surface area contributed by atoms with Gasteiger partial charge in [0.25, 0.3) is 11.6 Å². The molecule has 2 N–H and O–H groups in total. The van der Waals surface area contributed by atoms with Crippen molar-refractivity contribution in [1.82, 2.24) is 5.32 Å². The van der Waals surface area contributed by atoms with Gasteiger partial charge in [0.2, 0.25) is 0 Å². The molecule has 0 bridgehead atoms. The molecule has 0 spiro atoms. The van der Waals surface area contributed by atoms with Crippen molar-refractivity contribution in [3.05, 3.63) is 68.7 Å². The van der Waals surface area contributed by atoms with Gasteiger partial charge in [-0.1, -0.05) is 43.6 Å². The van der Waals surface area contributed by atoms with Crippen LogP contribution in [-0.2, 0) is 0 Å². The molecule has 0 aliphatic carbocycles. The van der Waals surface area contributed by atoms with Gasteiger partial charge in [0.05, 0.1) is 15.5 Å². The highest BCUT2D eigenvalue weighted by atomic mass is 35.5. The fourth-order valence-electron chi connectivity index (χ4n) is 2.39. The lowest BCUT2D eigenvalue weighted by Gasteiger charge is -2.17. The Kier molecular flexibility index (Phi) is 6.65. The van der Waals surface area contributed by atoms with Crippen LogP contribution in [0.25, 0.3) is 0 Å². The van der Waals surface area contributed by atoms with E-state index in [1.54, 1.807) is 0 Å². The summed E-state index contributed by atoms with van der Waals surface area (Å²) in [5.41, 5.74) is 1.84. The van der Waals surface area contributed by atoms with Gasteiger partial charge in [-0.25, -0.2) is 0 Å². The van der Waals surface area contributed by atoms with Crippen LogP contribution in [0.5, 0.6) is 0 Å². The molecule has 0 radical (unpaired) electrons. The Hall–Kier alpha value is -2.51. The highest BCUT2D eigenvalue weighted by Crippen LogP contribution is 2.26. The number of nitro benzene ring substituents is 1. The Balaban J connectivity index is 2.11. The number of halogens is 1. The second kappa shape index (κ2) is 8.73. The molecule has 0 unspecified atom stereocenters. The van der Waals surface area contributed by atoms with Crippen molar-refractivity contribution in [3.63, 3.8) is 0 Å². The van der Waals surface area contributed by atoms with Crippen LogP contribution in [0.3, 0.4) is 0 Å². The Morgan fingerprint density at radius 2 is 2.00 bits per heavy atom. The summed E-state index contributed by atoms with van der Waals surface area (Å²) in [6.45, 7) is 4.21. The number of rotatable bonds is 5. The molecular formula is C18H18ClN3O3S. The van der Waals surface area contributed by atoms with Crippen LogP contribution in [0, 0.1) is 10.1 Å². The number of carbonyl (C=O) groups excluding carboxylic acids is 1. The molecule has 2 rings (SSSR count). The minimum absolute atomic E-state index is 0.0143. The number of hydrogen-bond donors (Lipinski definition) is 2. The summed E-state index contributed by atoms with van der Waals surface area (Å²) in [4.78, 5) is 22.5. The van der Waals surface area contributed by atoms with Gasteiger partial charge >= 0.3 is 0 Å². The zero-order valence-corrected chi connectivity index (χ0v) is 15.9. The van der Waals surface area contributed by atoms with E-state index in [2.05, 4.69) is 24.5 Å². The number of anilines is 1. The van der Waals surface area contributed by atoms with E-state index in [9.17, 15) is 14.9 Å². The van der Waals surface area contributed by atoms with Crippen molar-refractivity contribution in [2.75, 3.05) is 5.32 Å². The van der Waals surface area contributed by atoms with Gasteiger partial charge in [0.15, 0.2) is 5.11 Å². The minimum atomic E-state index is -0.578. The number of nitrogens with one attached hydrogen (secondary N) is 2. The third kappa shape index (κ3) is 4.77. The summed E-state index contributed by atoms with van der Waals surface area (Å²) in [5, 5.41) is 16.4. The first-order valence-corrected chi connectivity index (χ1v) is 8.77. The lowest BCUT2D eigenvalue weighted by atomic mass is 9.97. The Labute approximate surface area is 161 Å². The predicted molar refractivity (Wildman–Crippen MR) is 107 cm³/mol. The summed E-state index contributed by atoms with van der Waals surface area (Å²) >= 11 is 11.2.